The van der Waals surface area contributed by atoms with Crippen LogP contribution < -0.4 is 0 Å². The molecule has 3 aromatic heterocycles. The molecule has 1 fully saturated rings. The van der Waals surface area contributed by atoms with Crippen LogP contribution in [-0.2, 0) is 17.4 Å². The van der Waals surface area contributed by atoms with Crippen LogP contribution in [0.2, 0.25) is 5.15 Å². The highest BCUT2D eigenvalue weighted by Gasteiger charge is 2.36. The minimum Gasteiger partial charge on any atom is -0.472 e. The number of alkyl halides is 3. The molecule has 5 nitrogen and oxygen atoms in total. The van der Waals surface area contributed by atoms with Crippen LogP contribution in [0.25, 0.3) is 16.8 Å². The van der Waals surface area contributed by atoms with Crippen LogP contribution in [0.3, 0.4) is 0 Å². The molecule has 176 valence electrons. The Hall–Kier alpha value is -3.33. The van der Waals surface area contributed by atoms with E-state index in [1.807, 2.05) is 6.07 Å². The van der Waals surface area contributed by atoms with Crippen molar-refractivity contribution in [3.8, 4) is 11.1 Å². The summed E-state index contributed by atoms with van der Waals surface area (Å²) in [4.78, 5) is 18.6. The lowest BCUT2D eigenvalue weighted by atomic mass is 9.98. The summed E-state index contributed by atoms with van der Waals surface area (Å²) in [6.45, 7) is 0.856. The molecule has 0 N–H and O–H groups in total. The third-order valence-corrected chi connectivity index (χ3v) is 6.47. The Morgan fingerprint density at radius 3 is 2.74 bits per heavy atom. The van der Waals surface area contributed by atoms with Gasteiger partial charge in [-0.2, -0.15) is 13.2 Å². The van der Waals surface area contributed by atoms with Crippen molar-refractivity contribution in [2.45, 2.75) is 24.9 Å². The first-order valence-corrected chi connectivity index (χ1v) is 10.9. The van der Waals surface area contributed by atoms with E-state index in [-0.39, 0.29) is 46.1 Å². The van der Waals surface area contributed by atoms with Crippen molar-refractivity contribution in [3.63, 3.8) is 0 Å². The number of fused-ring (bicyclic) bond motifs is 1. The lowest BCUT2D eigenvalue weighted by molar-refractivity contribution is -0.136. The molecule has 0 aliphatic carbocycles. The Labute approximate surface area is 196 Å². The molecule has 1 atom stereocenters. The zero-order chi connectivity index (χ0) is 24.0. The van der Waals surface area contributed by atoms with Crippen molar-refractivity contribution < 1.29 is 26.8 Å². The predicted octanol–water partition coefficient (Wildman–Crippen LogP) is 5.96. The SMILES string of the molecule is O=C(Cc1nc2c(C(F)(F)F)cc(-c3ccoc3)cn2c1Cl)N1CCC(c2cccc(F)c2)C1. The number of carbonyl (C=O) groups is 1. The van der Waals surface area contributed by atoms with Gasteiger partial charge in [-0.3, -0.25) is 9.20 Å². The van der Waals surface area contributed by atoms with Crippen LogP contribution in [0.4, 0.5) is 17.6 Å². The molecular weight excluding hydrogens is 474 g/mol. The predicted molar refractivity (Wildman–Crippen MR) is 117 cm³/mol. The number of carbonyl (C=O) groups excluding carboxylic acids is 1. The average Bonchev–Trinajstić information content (AvgIpc) is 3.54. The summed E-state index contributed by atoms with van der Waals surface area (Å²) in [5.74, 6) is -0.646. The second-order valence-corrected chi connectivity index (χ2v) is 8.61. The first kappa shape index (κ1) is 22.5. The molecule has 0 radical (unpaired) electrons. The molecule has 34 heavy (non-hydrogen) atoms. The molecular formula is C24H18ClF4N3O2. The van der Waals surface area contributed by atoms with Crippen LogP contribution >= 0.6 is 11.6 Å². The normalized spacial score (nSPS) is 16.5. The number of likely N-dealkylation sites (tertiary alicyclic amines) is 1. The molecule has 1 aromatic carbocycles. The second kappa shape index (κ2) is 8.47. The van der Waals surface area contributed by atoms with Crippen LogP contribution in [0.1, 0.15) is 29.2 Å². The maximum Gasteiger partial charge on any atom is 0.420 e. The zero-order valence-electron chi connectivity index (χ0n) is 17.6. The number of nitrogens with zero attached hydrogens (tertiary/aromatic N) is 3. The van der Waals surface area contributed by atoms with Gasteiger partial charge in [0.15, 0.2) is 5.65 Å². The van der Waals surface area contributed by atoms with E-state index in [2.05, 4.69) is 4.98 Å². The van der Waals surface area contributed by atoms with E-state index in [9.17, 15) is 22.4 Å². The molecule has 0 spiro atoms. The van der Waals surface area contributed by atoms with E-state index in [0.29, 0.717) is 25.1 Å². The van der Waals surface area contributed by atoms with Crippen LogP contribution in [0.15, 0.2) is 59.5 Å². The Bertz CT molecular complexity index is 1360. The number of halogens is 5. The number of furan rings is 1. The zero-order valence-corrected chi connectivity index (χ0v) is 18.4. The molecule has 4 heterocycles. The first-order chi connectivity index (χ1) is 16.2. The van der Waals surface area contributed by atoms with Gasteiger partial charge < -0.3 is 9.32 Å². The number of aromatic nitrogens is 2. The average molecular weight is 492 g/mol. The fraction of sp³-hybridized carbons (Fsp3) is 0.250. The molecule has 1 unspecified atom stereocenters. The van der Waals surface area contributed by atoms with Gasteiger partial charge in [0.2, 0.25) is 5.91 Å². The summed E-state index contributed by atoms with van der Waals surface area (Å²) < 4.78 is 61.1. The minimum atomic E-state index is -4.68. The molecule has 0 bridgehead atoms. The van der Waals surface area contributed by atoms with Gasteiger partial charge in [0.1, 0.15) is 11.0 Å². The number of amides is 1. The molecule has 0 saturated carbocycles. The van der Waals surface area contributed by atoms with Crippen molar-refractivity contribution in [2.75, 3.05) is 13.1 Å². The van der Waals surface area contributed by atoms with E-state index in [1.165, 1.54) is 30.9 Å². The van der Waals surface area contributed by atoms with Gasteiger partial charge >= 0.3 is 6.18 Å². The Morgan fingerprint density at radius 2 is 2.03 bits per heavy atom. The van der Waals surface area contributed by atoms with Crippen molar-refractivity contribution in [2.24, 2.45) is 0 Å². The van der Waals surface area contributed by atoms with Crippen molar-refractivity contribution in [1.29, 1.82) is 0 Å². The topological polar surface area (TPSA) is 50.8 Å². The highest BCUT2D eigenvalue weighted by atomic mass is 35.5. The van der Waals surface area contributed by atoms with Gasteiger partial charge in [0.05, 0.1) is 30.2 Å². The number of imidazole rings is 1. The summed E-state index contributed by atoms with van der Waals surface area (Å²) in [7, 11) is 0. The monoisotopic (exact) mass is 491 g/mol. The molecule has 1 aliphatic rings. The van der Waals surface area contributed by atoms with Gasteiger partial charge in [-0.25, -0.2) is 9.37 Å². The molecule has 4 aromatic rings. The van der Waals surface area contributed by atoms with Crippen LogP contribution in [-0.4, -0.2) is 33.3 Å². The van der Waals surface area contributed by atoms with E-state index < -0.39 is 11.7 Å². The molecule has 1 saturated heterocycles. The van der Waals surface area contributed by atoms with Crippen LogP contribution in [0.5, 0.6) is 0 Å². The van der Waals surface area contributed by atoms with Gasteiger partial charge in [-0.1, -0.05) is 23.7 Å². The quantitative estimate of drug-likeness (QED) is 0.331. The molecule has 10 heteroatoms. The van der Waals surface area contributed by atoms with Gasteiger partial charge in [-0.05, 0) is 36.2 Å². The Morgan fingerprint density at radius 1 is 1.21 bits per heavy atom. The van der Waals surface area contributed by atoms with E-state index in [0.717, 1.165) is 16.0 Å². The maximum atomic E-state index is 13.8. The third kappa shape index (κ3) is 4.16. The molecule has 5 rings (SSSR count). The standard InChI is InChI=1S/C24H18ClF4N3O2/c25-22-20(10-21(33)31-6-4-15(11-31)14-2-1-3-18(26)8-14)30-23-19(24(27,28)29)9-17(12-32(22)23)16-5-7-34-13-16/h1-3,5,7-9,12-13,15H,4,6,10-11H2. The lowest BCUT2D eigenvalue weighted by Crippen LogP contribution is -2.30. The summed E-state index contributed by atoms with van der Waals surface area (Å²) >= 11 is 6.40. The fourth-order valence-electron chi connectivity index (χ4n) is 4.35. The summed E-state index contributed by atoms with van der Waals surface area (Å²) in [5.41, 5.74) is 0.252. The summed E-state index contributed by atoms with van der Waals surface area (Å²) in [5, 5.41) is -0.0555. The lowest BCUT2D eigenvalue weighted by Gasteiger charge is -2.16. The van der Waals surface area contributed by atoms with Crippen molar-refractivity contribution in [1.82, 2.24) is 14.3 Å². The smallest absolute Gasteiger partial charge is 0.420 e. The Balaban J connectivity index is 1.43. The third-order valence-electron chi connectivity index (χ3n) is 6.07. The highest BCUT2D eigenvalue weighted by molar-refractivity contribution is 6.30. The highest BCUT2D eigenvalue weighted by Crippen LogP contribution is 2.37. The van der Waals surface area contributed by atoms with Crippen LogP contribution in [0, 0.1) is 5.82 Å². The molecule has 1 aliphatic heterocycles. The fourth-order valence-corrected chi connectivity index (χ4v) is 4.58. The first-order valence-electron chi connectivity index (χ1n) is 10.5. The van der Waals surface area contributed by atoms with E-state index in [1.54, 1.807) is 17.0 Å². The van der Waals surface area contributed by atoms with E-state index >= 15 is 0 Å². The summed E-state index contributed by atoms with van der Waals surface area (Å²) in [6.07, 6.45) is -0.119. The number of rotatable bonds is 4. The van der Waals surface area contributed by atoms with E-state index in [4.69, 9.17) is 16.0 Å². The summed E-state index contributed by atoms with van der Waals surface area (Å²) in [6, 6.07) is 8.78. The van der Waals surface area contributed by atoms with Gasteiger partial charge in [0.25, 0.3) is 0 Å². The second-order valence-electron chi connectivity index (χ2n) is 8.25. The minimum absolute atomic E-state index is 0.00876. The van der Waals surface area contributed by atoms with Gasteiger partial charge in [0, 0.05) is 36.3 Å². The van der Waals surface area contributed by atoms with Crippen molar-refractivity contribution in [3.05, 3.63) is 82.9 Å². The number of pyridine rings is 1. The maximum absolute atomic E-state index is 13.8. The van der Waals surface area contributed by atoms with Crippen molar-refractivity contribution >= 4 is 23.2 Å². The van der Waals surface area contributed by atoms with Gasteiger partial charge in [-0.15, -0.1) is 0 Å². The Kier molecular flexibility index (Phi) is 5.59. The number of benzene rings is 1. The number of hydrogen-bond donors (Lipinski definition) is 0. The largest absolute Gasteiger partial charge is 0.472 e. The molecule has 1 amide bonds. The number of hydrogen-bond acceptors (Lipinski definition) is 3.